The van der Waals surface area contributed by atoms with Crippen molar-refractivity contribution in [1.29, 1.82) is 0 Å². The summed E-state index contributed by atoms with van der Waals surface area (Å²) >= 11 is 12.6. The van der Waals surface area contributed by atoms with E-state index in [9.17, 15) is 0 Å². The molecule has 0 aromatic carbocycles. The molecule has 0 spiro atoms. The first-order valence-electron chi connectivity index (χ1n) is 6.03. The summed E-state index contributed by atoms with van der Waals surface area (Å²) in [7, 11) is 1.88. The van der Waals surface area contributed by atoms with Crippen LogP contribution >= 0.6 is 23.2 Å². The Bertz CT molecular complexity index is 403. The van der Waals surface area contributed by atoms with Crippen LogP contribution in [0.3, 0.4) is 0 Å². The fraction of sp³-hybridized carbons (Fsp3) is 0.750. The Hall–Kier alpha value is -0.250. The van der Waals surface area contributed by atoms with Gasteiger partial charge in [-0.3, -0.25) is 9.58 Å². The van der Waals surface area contributed by atoms with Crippen LogP contribution in [-0.4, -0.2) is 33.1 Å². The van der Waals surface area contributed by atoms with Gasteiger partial charge in [-0.05, 0) is 25.8 Å². The van der Waals surface area contributed by atoms with Crippen LogP contribution in [0.25, 0.3) is 0 Å². The number of rotatable bonds is 2. The molecule has 1 aromatic heterocycles. The highest BCUT2D eigenvalue weighted by molar-refractivity contribution is 6.30. The first kappa shape index (κ1) is 13.2. The van der Waals surface area contributed by atoms with Crippen LogP contribution in [0, 0.1) is 12.8 Å². The van der Waals surface area contributed by atoms with Crippen LogP contribution < -0.4 is 0 Å². The van der Waals surface area contributed by atoms with Crippen LogP contribution in [0.4, 0.5) is 0 Å². The summed E-state index contributed by atoms with van der Waals surface area (Å²) in [5, 5.41) is 5.33. The van der Waals surface area contributed by atoms with Crippen LogP contribution in [0.5, 0.6) is 0 Å². The van der Waals surface area contributed by atoms with Crippen molar-refractivity contribution in [2.45, 2.75) is 32.2 Å². The van der Waals surface area contributed by atoms with E-state index in [1.165, 1.54) is 0 Å². The van der Waals surface area contributed by atoms with Crippen molar-refractivity contribution in [1.82, 2.24) is 14.7 Å². The van der Waals surface area contributed by atoms with Crippen molar-refractivity contribution in [3.05, 3.63) is 16.4 Å². The van der Waals surface area contributed by atoms with E-state index in [1.54, 1.807) is 4.68 Å². The van der Waals surface area contributed by atoms with Crippen molar-refractivity contribution in [2.24, 2.45) is 13.0 Å². The first-order chi connectivity index (χ1) is 7.99. The molecule has 0 amide bonds. The second-order valence-electron chi connectivity index (χ2n) is 5.00. The van der Waals surface area contributed by atoms with Crippen molar-refractivity contribution in [2.75, 3.05) is 13.1 Å². The predicted octanol–water partition coefficient (Wildman–Crippen LogP) is 2.83. The molecular weight excluding hydrogens is 257 g/mol. The molecule has 5 heteroatoms. The number of likely N-dealkylation sites (tertiary alicyclic amines) is 1. The summed E-state index contributed by atoms with van der Waals surface area (Å²) in [6, 6.07) is 0. The molecule has 17 heavy (non-hydrogen) atoms. The minimum atomic E-state index is 0.250. The van der Waals surface area contributed by atoms with Gasteiger partial charge in [0.15, 0.2) is 0 Å². The van der Waals surface area contributed by atoms with Gasteiger partial charge in [-0.25, -0.2) is 0 Å². The minimum Gasteiger partial charge on any atom is -0.297 e. The Morgan fingerprint density at radius 1 is 1.47 bits per heavy atom. The number of aryl methyl sites for hydroxylation is 2. The van der Waals surface area contributed by atoms with Gasteiger partial charge in [0, 0.05) is 31.1 Å². The highest BCUT2D eigenvalue weighted by Gasteiger charge is 2.25. The summed E-state index contributed by atoms with van der Waals surface area (Å²) in [4.78, 5) is 2.37. The van der Waals surface area contributed by atoms with Gasteiger partial charge in [-0.1, -0.05) is 18.5 Å². The predicted molar refractivity (Wildman–Crippen MR) is 71.7 cm³/mol. The van der Waals surface area contributed by atoms with E-state index >= 15 is 0 Å². The first-order valence-corrected chi connectivity index (χ1v) is 6.85. The van der Waals surface area contributed by atoms with E-state index in [0.29, 0.717) is 5.92 Å². The molecule has 0 bridgehead atoms. The number of piperidine rings is 1. The average molecular weight is 276 g/mol. The van der Waals surface area contributed by atoms with Crippen molar-refractivity contribution < 1.29 is 0 Å². The van der Waals surface area contributed by atoms with Gasteiger partial charge in [-0.15, -0.1) is 11.6 Å². The Morgan fingerprint density at radius 2 is 2.18 bits per heavy atom. The van der Waals surface area contributed by atoms with Crippen LogP contribution in [0.15, 0.2) is 0 Å². The molecule has 0 saturated carbocycles. The number of hydrogen-bond acceptors (Lipinski definition) is 2. The number of alkyl halides is 1. The highest BCUT2D eigenvalue weighted by atomic mass is 35.5. The maximum atomic E-state index is 6.32. The Labute approximate surface area is 113 Å². The third kappa shape index (κ3) is 2.78. The second-order valence-corrected chi connectivity index (χ2v) is 5.91. The maximum Gasteiger partial charge on any atom is 0.131 e. The molecule has 3 nitrogen and oxygen atoms in total. The zero-order valence-corrected chi connectivity index (χ0v) is 12.1. The zero-order chi connectivity index (χ0) is 12.6. The Kier molecular flexibility index (Phi) is 4.01. The molecular formula is C12H19Cl2N3. The molecule has 1 saturated heterocycles. The van der Waals surface area contributed by atoms with Gasteiger partial charge in [0.05, 0.1) is 5.69 Å². The molecule has 0 N–H and O–H groups in total. The highest BCUT2D eigenvalue weighted by Crippen LogP contribution is 2.26. The van der Waals surface area contributed by atoms with E-state index in [-0.39, 0.29) is 5.38 Å². The van der Waals surface area contributed by atoms with E-state index in [4.69, 9.17) is 23.2 Å². The van der Waals surface area contributed by atoms with Gasteiger partial charge in [0.25, 0.3) is 0 Å². The lowest BCUT2D eigenvalue weighted by molar-refractivity contribution is 0.189. The molecule has 1 aliphatic heterocycles. The number of hydrogen-bond donors (Lipinski definition) is 0. The maximum absolute atomic E-state index is 6.32. The molecule has 2 rings (SSSR count). The van der Waals surface area contributed by atoms with Crippen LogP contribution in [0.2, 0.25) is 5.15 Å². The lowest BCUT2D eigenvalue weighted by Crippen LogP contribution is -2.39. The third-order valence-corrected chi connectivity index (χ3v) is 4.64. The third-order valence-electron chi connectivity index (χ3n) is 3.60. The van der Waals surface area contributed by atoms with Crippen molar-refractivity contribution in [3.8, 4) is 0 Å². The van der Waals surface area contributed by atoms with E-state index in [1.807, 2.05) is 14.0 Å². The number of halogens is 2. The summed E-state index contributed by atoms with van der Waals surface area (Å²) in [6.07, 6.45) is 1.16. The summed E-state index contributed by atoms with van der Waals surface area (Å²) in [5.74, 6) is 0.610. The topological polar surface area (TPSA) is 21.1 Å². The smallest absolute Gasteiger partial charge is 0.131 e. The zero-order valence-electron chi connectivity index (χ0n) is 10.6. The normalized spacial score (nSPS) is 26.4. The van der Waals surface area contributed by atoms with E-state index in [2.05, 4.69) is 16.9 Å². The molecule has 2 heterocycles. The fourth-order valence-corrected chi connectivity index (χ4v) is 2.86. The summed E-state index contributed by atoms with van der Waals surface area (Å²) in [6.45, 7) is 7.11. The molecule has 1 fully saturated rings. The van der Waals surface area contributed by atoms with Crippen molar-refractivity contribution >= 4 is 23.2 Å². The molecule has 0 radical (unpaired) electrons. The quantitative estimate of drug-likeness (QED) is 0.774. The summed E-state index contributed by atoms with van der Waals surface area (Å²) < 4.78 is 1.73. The Morgan fingerprint density at radius 3 is 2.71 bits per heavy atom. The monoisotopic (exact) mass is 275 g/mol. The summed E-state index contributed by atoms with van der Waals surface area (Å²) in [5.41, 5.74) is 2.15. The standard InChI is InChI=1S/C12H19Cl2N3/c1-8-4-5-17(7-11(8)13)6-10-9(2)15-16(3)12(10)14/h8,11H,4-7H2,1-3H3. The van der Waals surface area contributed by atoms with Crippen LogP contribution in [-0.2, 0) is 13.6 Å². The molecule has 0 aliphatic carbocycles. The second kappa shape index (κ2) is 5.17. The largest absolute Gasteiger partial charge is 0.297 e. The molecule has 1 aromatic rings. The van der Waals surface area contributed by atoms with Gasteiger partial charge in [0.2, 0.25) is 0 Å². The van der Waals surface area contributed by atoms with Gasteiger partial charge in [-0.2, -0.15) is 5.10 Å². The van der Waals surface area contributed by atoms with Gasteiger partial charge < -0.3 is 0 Å². The molecule has 96 valence electrons. The van der Waals surface area contributed by atoms with Gasteiger partial charge in [0.1, 0.15) is 5.15 Å². The minimum absolute atomic E-state index is 0.250. The van der Waals surface area contributed by atoms with Crippen molar-refractivity contribution in [3.63, 3.8) is 0 Å². The lowest BCUT2D eigenvalue weighted by Gasteiger charge is -2.33. The lowest BCUT2D eigenvalue weighted by atomic mass is 9.98. The molecule has 2 atom stereocenters. The number of nitrogens with zero attached hydrogens (tertiary/aromatic N) is 3. The van der Waals surface area contributed by atoms with Gasteiger partial charge >= 0.3 is 0 Å². The van der Waals surface area contributed by atoms with E-state index in [0.717, 1.165) is 42.5 Å². The fourth-order valence-electron chi connectivity index (χ4n) is 2.31. The Balaban J connectivity index is 2.06. The van der Waals surface area contributed by atoms with Crippen LogP contribution in [0.1, 0.15) is 24.6 Å². The SMILES string of the molecule is Cc1nn(C)c(Cl)c1CN1CCC(C)C(Cl)C1. The average Bonchev–Trinajstić information content (AvgIpc) is 2.50. The number of aromatic nitrogens is 2. The molecule has 1 aliphatic rings. The van der Waals surface area contributed by atoms with E-state index < -0.39 is 0 Å². The molecule has 2 unspecified atom stereocenters.